The van der Waals surface area contributed by atoms with Gasteiger partial charge in [0, 0.05) is 44.5 Å². The number of nitrogens with one attached hydrogen (secondary N) is 2. The van der Waals surface area contributed by atoms with E-state index in [9.17, 15) is 0 Å². The molecule has 0 radical (unpaired) electrons. The van der Waals surface area contributed by atoms with E-state index < -0.39 is 0 Å². The van der Waals surface area contributed by atoms with Crippen LogP contribution in [0.3, 0.4) is 0 Å². The molecule has 2 heterocycles. The maximum atomic E-state index is 4.21. The fourth-order valence-electron chi connectivity index (χ4n) is 2.89. The zero-order chi connectivity index (χ0) is 13.8. The fraction of sp³-hybridized carbons (Fsp3) is 0.438. The zero-order valence-corrected chi connectivity index (χ0v) is 12.0. The Labute approximate surface area is 120 Å². The van der Waals surface area contributed by atoms with Crippen LogP contribution in [0.2, 0.25) is 0 Å². The van der Waals surface area contributed by atoms with Crippen LogP contribution >= 0.6 is 0 Å². The van der Waals surface area contributed by atoms with Gasteiger partial charge in [-0.2, -0.15) is 5.10 Å². The molecule has 0 bridgehead atoms. The minimum Gasteiger partial charge on any atom is -0.313 e. The molecule has 1 atom stereocenters. The van der Waals surface area contributed by atoms with E-state index in [1.165, 1.54) is 16.8 Å². The summed E-state index contributed by atoms with van der Waals surface area (Å²) in [5, 5.41) is 11.4. The first kappa shape index (κ1) is 13.3. The second kappa shape index (κ2) is 6.20. The molecule has 4 nitrogen and oxygen atoms in total. The van der Waals surface area contributed by atoms with E-state index in [2.05, 4.69) is 46.1 Å². The Bertz CT molecular complexity index is 561. The van der Waals surface area contributed by atoms with Crippen molar-refractivity contribution < 1.29 is 0 Å². The van der Waals surface area contributed by atoms with Crippen LogP contribution in [0.15, 0.2) is 36.5 Å². The van der Waals surface area contributed by atoms with Crippen molar-refractivity contribution in [3.05, 3.63) is 53.3 Å². The summed E-state index contributed by atoms with van der Waals surface area (Å²) in [6.07, 6.45) is 4.02. The standard InChI is InChI=1S/C16H22N4/c1-20-14(7-11-19-20)6-10-18-16-8-9-17-12-13-4-2-3-5-15(13)16/h2-5,7,11,16-18H,6,8-10,12H2,1H3. The SMILES string of the molecule is Cn1nccc1CCNC1CCNCc2ccccc21. The number of aromatic nitrogens is 2. The molecule has 1 aliphatic heterocycles. The molecule has 2 N–H and O–H groups in total. The Morgan fingerprint density at radius 1 is 1.35 bits per heavy atom. The Morgan fingerprint density at radius 3 is 3.10 bits per heavy atom. The highest BCUT2D eigenvalue weighted by Crippen LogP contribution is 2.23. The third-order valence-electron chi connectivity index (χ3n) is 4.05. The lowest BCUT2D eigenvalue weighted by atomic mass is 9.99. The van der Waals surface area contributed by atoms with E-state index in [4.69, 9.17) is 0 Å². The van der Waals surface area contributed by atoms with Gasteiger partial charge < -0.3 is 10.6 Å². The van der Waals surface area contributed by atoms with E-state index in [1.54, 1.807) is 0 Å². The molecule has 0 aliphatic carbocycles. The molecule has 1 unspecified atom stereocenters. The van der Waals surface area contributed by atoms with Gasteiger partial charge in [-0.05, 0) is 30.2 Å². The van der Waals surface area contributed by atoms with Gasteiger partial charge in [0.25, 0.3) is 0 Å². The third kappa shape index (κ3) is 2.92. The highest BCUT2D eigenvalue weighted by molar-refractivity contribution is 5.31. The van der Waals surface area contributed by atoms with Gasteiger partial charge in [-0.25, -0.2) is 0 Å². The average molecular weight is 270 g/mol. The van der Waals surface area contributed by atoms with Crippen LogP contribution in [-0.2, 0) is 20.0 Å². The van der Waals surface area contributed by atoms with Gasteiger partial charge in [0.05, 0.1) is 0 Å². The second-order valence-corrected chi connectivity index (χ2v) is 5.37. The molecular formula is C16H22N4. The molecule has 2 aromatic rings. The van der Waals surface area contributed by atoms with Crippen molar-refractivity contribution in [2.24, 2.45) is 7.05 Å². The maximum absolute atomic E-state index is 4.21. The Morgan fingerprint density at radius 2 is 2.25 bits per heavy atom. The van der Waals surface area contributed by atoms with E-state index in [-0.39, 0.29) is 0 Å². The van der Waals surface area contributed by atoms with Crippen LogP contribution in [-0.4, -0.2) is 22.9 Å². The van der Waals surface area contributed by atoms with Crippen molar-refractivity contribution in [1.29, 1.82) is 0 Å². The van der Waals surface area contributed by atoms with Gasteiger partial charge in [0.2, 0.25) is 0 Å². The smallest absolute Gasteiger partial charge is 0.0492 e. The number of benzene rings is 1. The van der Waals surface area contributed by atoms with Crippen LogP contribution in [0.1, 0.15) is 29.3 Å². The van der Waals surface area contributed by atoms with Crippen molar-refractivity contribution >= 4 is 0 Å². The van der Waals surface area contributed by atoms with Crippen LogP contribution in [0.25, 0.3) is 0 Å². The van der Waals surface area contributed by atoms with Crippen LogP contribution in [0.4, 0.5) is 0 Å². The van der Waals surface area contributed by atoms with E-state index in [1.807, 2.05) is 17.9 Å². The molecule has 1 aliphatic rings. The molecular weight excluding hydrogens is 248 g/mol. The molecule has 0 fully saturated rings. The summed E-state index contributed by atoms with van der Waals surface area (Å²) in [7, 11) is 2.00. The van der Waals surface area contributed by atoms with Gasteiger partial charge in [0.15, 0.2) is 0 Å². The number of hydrogen-bond donors (Lipinski definition) is 2. The lowest BCUT2D eigenvalue weighted by Crippen LogP contribution is -2.25. The fourth-order valence-corrected chi connectivity index (χ4v) is 2.89. The lowest BCUT2D eigenvalue weighted by molar-refractivity contribution is 0.495. The molecule has 1 aromatic heterocycles. The molecule has 4 heteroatoms. The topological polar surface area (TPSA) is 41.9 Å². The maximum Gasteiger partial charge on any atom is 0.0492 e. The quantitative estimate of drug-likeness (QED) is 0.890. The monoisotopic (exact) mass is 270 g/mol. The molecule has 1 aromatic carbocycles. The van der Waals surface area contributed by atoms with Crippen molar-refractivity contribution in [2.45, 2.75) is 25.4 Å². The molecule has 3 rings (SSSR count). The van der Waals surface area contributed by atoms with Crippen molar-refractivity contribution in [3.63, 3.8) is 0 Å². The normalized spacial score (nSPS) is 18.6. The van der Waals surface area contributed by atoms with Crippen LogP contribution in [0, 0.1) is 0 Å². The van der Waals surface area contributed by atoms with Crippen molar-refractivity contribution in [1.82, 2.24) is 20.4 Å². The first-order valence-electron chi connectivity index (χ1n) is 7.33. The Hall–Kier alpha value is -1.65. The number of nitrogens with zero attached hydrogens (tertiary/aromatic N) is 2. The first-order valence-corrected chi connectivity index (χ1v) is 7.33. The predicted molar refractivity (Wildman–Crippen MR) is 80.4 cm³/mol. The van der Waals surface area contributed by atoms with Crippen molar-refractivity contribution in [3.8, 4) is 0 Å². The molecule has 0 saturated carbocycles. The average Bonchev–Trinajstić information content (AvgIpc) is 2.76. The summed E-state index contributed by atoms with van der Waals surface area (Å²) in [5.41, 5.74) is 4.14. The summed E-state index contributed by atoms with van der Waals surface area (Å²) in [5.74, 6) is 0. The summed E-state index contributed by atoms with van der Waals surface area (Å²) >= 11 is 0. The summed E-state index contributed by atoms with van der Waals surface area (Å²) in [4.78, 5) is 0. The Kier molecular flexibility index (Phi) is 4.14. The van der Waals surface area contributed by atoms with Crippen LogP contribution in [0.5, 0.6) is 0 Å². The minimum atomic E-state index is 0.453. The largest absolute Gasteiger partial charge is 0.313 e. The van der Waals surface area contributed by atoms with Gasteiger partial charge in [0.1, 0.15) is 0 Å². The van der Waals surface area contributed by atoms with E-state index >= 15 is 0 Å². The highest BCUT2D eigenvalue weighted by Gasteiger charge is 2.17. The Balaban J connectivity index is 1.64. The second-order valence-electron chi connectivity index (χ2n) is 5.37. The number of aryl methyl sites for hydroxylation is 1. The van der Waals surface area contributed by atoms with Crippen molar-refractivity contribution in [2.75, 3.05) is 13.1 Å². The number of rotatable bonds is 4. The lowest BCUT2D eigenvalue weighted by Gasteiger charge is -2.19. The first-order chi connectivity index (χ1) is 9.84. The third-order valence-corrected chi connectivity index (χ3v) is 4.05. The molecule has 0 saturated heterocycles. The zero-order valence-electron chi connectivity index (χ0n) is 12.0. The molecule has 106 valence electrons. The molecule has 0 spiro atoms. The molecule has 0 amide bonds. The highest BCUT2D eigenvalue weighted by atomic mass is 15.3. The van der Waals surface area contributed by atoms with Crippen LogP contribution < -0.4 is 10.6 Å². The van der Waals surface area contributed by atoms with Gasteiger partial charge in [-0.1, -0.05) is 24.3 Å². The van der Waals surface area contributed by atoms with E-state index in [0.717, 1.165) is 32.5 Å². The van der Waals surface area contributed by atoms with Gasteiger partial charge >= 0.3 is 0 Å². The van der Waals surface area contributed by atoms with E-state index in [0.29, 0.717) is 6.04 Å². The minimum absolute atomic E-state index is 0.453. The molecule has 20 heavy (non-hydrogen) atoms. The summed E-state index contributed by atoms with van der Waals surface area (Å²) < 4.78 is 1.95. The van der Waals surface area contributed by atoms with Gasteiger partial charge in [-0.15, -0.1) is 0 Å². The number of hydrogen-bond acceptors (Lipinski definition) is 3. The van der Waals surface area contributed by atoms with Gasteiger partial charge in [-0.3, -0.25) is 4.68 Å². The number of fused-ring (bicyclic) bond motifs is 1. The summed E-state index contributed by atoms with van der Waals surface area (Å²) in [6.45, 7) is 3.03. The predicted octanol–water partition coefficient (Wildman–Crippen LogP) is 1.79. The summed E-state index contributed by atoms with van der Waals surface area (Å²) in [6, 6.07) is 11.3.